The summed E-state index contributed by atoms with van der Waals surface area (Å²) in [4.78, 5) is 12.0. The van der Waals surface area contributed by atoms with Crippen molar-refractivity contribution in [1.29, 1.82) is 0 Å². The number of aromatic amines is 1. The number of hydrogen-bond donors (Lipinski definition) is 1. The second-order valence-electron chi connectivity index (χ2n) is 9.59. The SMILES string of the molecule is CCCc1nc2c(C)ccnc2n1Cc1ccc2c(c1)CCc1ccccc1N2C(C)c1nnn[nH]1. The summed E-state index contributed by atoms with van der Waals surface area (Å²) in [7, 11) is 0. The molecule has 0 saturated carbocycles. The van der Waals surface area contributed by atoms with E-state index in [4.69, 9.17) is 9.97 Å². The largest absolute Gasteiger partial charge is 0.330 e. The molecule has 36 heavy (non-hydrogen) atoms. The third-order valence-corrected chi connectivity index (χ3v) is 7.19. The lowest BCUT2D eigenvalue weighted by atomic mass is 10.0. The van der Waals surface area contributed by atoms with E-state index in [0.717, 1.165) is 55.0 Å². The number of para-hydroxylation sites is 1. The van der Waals surface area contributed by atoms with Crippen LogP contribution in [-0.4, -0.2) is 35.2 Å². The number of benzene rings is 2. The number of fused-ring (bicyclic) bond motifs is 3. The van der Waals surface area contributed by atoms with Gasteiger partial charge in [-0.3, -0.25) is 0 Å². The fourth-order valence-electron chi connectivity index (χ4n) is 5.36. The molecule has 182 valence electrons. The maximum atomic E-state index is 4.96. The molecule has 1 atom stereocenters. The molecule has 3 aromatic heterocycles. The fraction of sp³-hybridized carbons (Fsp3) is 0.321. The van der Waals surface area contributed by atoms with Crippen LogP contribution in [0, 0.1) is 6.92 Å². The minimum absolute atomic E-state index is 0.0372. The molecule has 8 nitrogen and oxygen atoms in total. The van der Waals surface area contributed by atoms with E-state index >= 15 is 0 Å². The summed E-state index contributed by atoms with van der Waals surface area (Å²) in [6, 6.07) is 17.5. The smallest absolute Gasteiger partial charge is 0.171 e. The molecule has 2 aromatic carbocycles. The van der Waals surface area contributed by atoms with Gasteiger partial charge in [-0.15, -0.1) is 5.10 Å². The monoisotopic (exact) mass is 478 g/mol. The number of nitrogens with zero attached hydrogens (tertiary/aromatic N) is 7. The van der Waals surface area contributed by atoms with E-state index in [2.05, 4.69) is 93.3 Å². The lowest BCUT2D eigenvalue weighted by molar-refractivity contribution is 0.708. The van der Waals surface area contributed by atoms with Crippen molar-refractivity contribution >= 4 is 22.5 Å². The van der Waals surface area contributed by atoms with Gasteiger partial charge in [0.05, 0.1) is 12.6 Å². The molecule has 1 aliphatic rings. The molecular weight excluding hydrogens is 448 g/mol. The number of hydrogen-bond acceptors (Lipinski definition) is 6. The lowest BCUT2D eigenvalue weighted by Gasteiger charge is -2.31. The number of pyridine rings is 1. The van der Waals surface area contributed by atoms with E-state index in [1.807, 2.05) is 12.3 Å². The number of rotatable bonds is 6. The van der Waals surface area contributed by atoms with Crippen molar-refractivity contribution in [2.75, 3.05) is 4.90 Å². The highest BCUT2D eigenvalue weighted by Crippen LogP contribution is 2.41. The molecule has 4 heterocycles. The van der Waals surface area contributed by atoms with Crippen molar-refractivity contribution in [3.63, 3.8) is 0 Å². The van der Waals surface area contributed by atoms with Crippen molar-refractivity contribution in [1.82, 2.24) is 35.2 Å². The summed E-state index contributed by atoms with van der Waals surface area (Å²) in [5.41, 5.74) is 9.47. The summed E-state index contributed by atoms with van der Waals surface area (Å²) in [6.07, 6.45) is 5.83. The number of imidazole rings is 1. The Balaban J connectivity index is 1.42. The molecule has 1 unspecified atom stereocenters. The van der Waals surface area contributed by atoms with Crippen LogP contribution in [0.2, 0.25) is 0 Å². The summed E-state index contributed by atoms with van der Waals surface area (Å²) in [5.74, 6) is 1.85. The van der Waals surface area contributed by atoms with Gasteiger partial charge in [0.15, 0.2) is 11.5 Å². The molecule has 6 rings (SSSR count). The van der Waals surface area contributed by atoms with E-state index < -0.39 is 0 Å². The predicted octanol–water partition coefficient (Wildman–Crippen LogP) is 5.25. The Morgan fingerprint density at radius 3 is 2.69 bits per heavy atom. The fourth-order valence-corrected chi connectivity index (χ4v) is 5.36. The van der Waals surface area contributed by atoms with Gasteiger partial charge >= 0.3 is 0 Å². The van der Waals surface area contributed by atoms with Crippen molar-refractivity contribution in [2.24, 2.45) is 0 Å². The number of anilines is 2. The second kappa shape index (κ2) is 9.18. The van der Waals surface area contributed by atoms with Crippen LogP contribution >= 0.6 is 0 Å². The maximum absolute atomic E-state index is 4.96. The quantitative estimate of drug-likeness (QED) is 0.359. The Morgan fingerprint density at radius 1 is 1.03 bits per heavy atom. The van der Waals surface area contributed by atoms with Gasteiger partial charge in [0.2, 0.25) is 0 Å². The summed E-state index contributed by atoms with van der Waals surface area (Å²) < 4.78 is 2.29. The lowest BCUT2D eigenvalue weighted by Crippen LogP contribution is -2.23. The zero-order chi connectivity index (χ0) is 24.6. The van der Waals surface area contributed by atoms with Gasteiger partial charge in [-0.1, -0.05) is 37.3 Å². The number of aromatic nitrogens is 7. The minimum atomic E-state index is -0.0372. The number of nitrogens with one attached hydrogen (secondary N) is 1. The van der Waals surface area contributed by atoms with Crippen LogP contribution < -0.4 is 4.90 Å². The van der Waals surface area contributed by atoms with Crippen LogP contribution in [0.4, 0.5) is 11.4 Å². The molecule has 0 aliphatic carbocycles. The third-order valence-electron chi connectivity index (χ3n) is 7.19. The van der Waals surface area contributed by atoms with Crippen LogP contribution in [0.5, 0.6) is 0 Å². The van der Waals surface area contributed by atoms with Gasteiger partial charge in [0, 0.05) is 24.0 Å². The molecule has 0 amide bonds. The first kappa shape index (κ1) is 22.4. The standard InChI is InChI=1S/C28H30N8/c1-4-7-25-30-26-18(2)14-15-29-28(26)35(25)17-20-10-13-24-22(16-20)12-11-21-8-5-6-9-23(21)36(24)19(3)27-31-33-34-32-27/h5-6,8-10,13-16,19H,4,7,11-12,17H2,1-3H3,(H,31,32,33,34). The van der Waals surface area contributed by atoms with Gasteiger partial charge in [-0.25, -0.2) is 15.1 Å². The van der Waals surface area contributed by atoms with Gasteiger partial charge in [-0.05, 0) is 84.0 Å². The second-order valence-corrected chi connectivity index (χ2v) is 9.59. The highest BCUT2D eigenvalue weighted by Gasteiger charge is 2.27. The summed E-state index contributed by atoms with van der Waals surface area (Å²) >= 11 is 0. The van der Waals surface area contributed by atoms with Crippen LogP contribution in [0.1, 0.15) is 60.2 Å². The molecule has 1 N–H and O–H groups in total. The average Bonchev–Trinajstić information content (AvgIpc) is 3.51. The van der Waals surface area contributed by atoms with Gasteiger partial charge in [-0.2, -0.15) is 0 Å². The molecule has 0 radical (unpaired) electrons. The Labute approximate surface area is 210 Å². The Bertz CT molecular complexity index is 1520. The number of aryl methyl sites for hydroxylation is 4. The third kappa shape index (κ3) is 3.82. The van der Waals surface area contributed by atoms with Crippen molar-refractivity contribution in [3.05, 3.63) is 88.6 Å². The first-order valence-electron chi connectivity index (χ1n) is 12.7. The first-order valence-corrected chi connectivity index (χ1v) is 12.7. The molecule has 0 bridgehead atoms. The van der Waals surface area contributed by atoms with E-state index in [1.54, 1.807) is 0 Å². The first-order chi connectivity index (χ1) is 17.6. The number of H-pyrrole nitrogens is 1. The van der Waals surface area contributed by atoms with Crippen molar-refractivity contribution in [3.8, 4) is 0 Å². The number of tetrazole rings is 1. The molecule has 0 saturated heterocycles. The molecule has 5 aromatic rings. The highest BCUT2D eigenvalue weighted by atomic mass is 15.5. The van der Waals surface area contributed by atoms with Crippen molar-refractivity contribution < 1.29 is 0 Å². The van der Waals surface area contributed by atoms with E-state index in [0.29, 0.717) is 0 Å². The highest BCUT2D eigenvalue weighted by molar-refractivity contribution is 5.76. The normalized spacial score (nSPS) is 13.9. The van der Waals surface area contributed by atoms with Gasteiger partial charge in [0.25, 0.3) is 0 Å². The summed E-state index contributed by atoms with van der Waals surface area (Å²) in [5, 5.41) is 14.8. The Hall–Kier alpha value is -4.07. The molecule has 0 fully saturated rings. The molecule has 8 heteroatoms. The maximum Gasteiger partial charge on any atom is 0.171 e. The molecule has 1 aliphatic heterocycles. The summed E-state index contributed by atoms with van der Waals surface area (Å²) in [6.45, 7) is 7.20. The Kier molecular flexibility index (Phi) is 5.71. The molecule has 0 spiro atoms. The van der Waals surface area contributed by atoms with Gasteiger partial charge in [0.1, 0.15) is 11.3 Å². The zero-order valence-corrected chi connectivity index (χ0v) is 20.9. The minimum Gasteiger partial charge on any atom is -0.330 e. The zero-order valence-electron chi connectivity index (χ0n) is 20.9. The average molecular weight is 479 g/mol. The van der Waals surface area contributed by atoms with Crippen LogP contribution in [0.15, 0.2) is 54.7 Å². The van der Waals surface area contributed by atoms with Crippen molar-refractivity contribution in [2.45, 2.75) is 59.0 Å². The van der Waals surface area contributed by atoms with E-state index in [-0.39, 0.29) is 6.04 Å². The van der Waals surface area contributed by atoms with Crippen LogP contribution in [-0.2, 0) is 25.8 Å². The molecular formula is C28H30N8. The predicted molar refractivity (Wildman–Crippen MR) is 140 cm³/mol. The van der Waals surface area contributed by atoms with Crippen LogP contribution in [0.25, 0.3) is 11.2 Å². The van der Waals surface area contributed by atoms with E-state index in [1.165, 1.54) is 33.6 Å². The van der Waals surface area contributed by atoms with Crippen LogP contribution in [0.3, 0.4) is 0 Å². The van der Waals surface area contributed by atoms with E-state index in [9.17, 15) is 0 Å². The van der Waals surface area contributed by atoms with Gasteiger partial charge < -0.3 is 9.47 Å². The Morgan fingerprint density at radius 2 is 1.86 bits per heavy atom. The topological polar surface area (TPSA) is 88.4 Å².